The molecule has 1 N–H and O–H groups in total. The molecule has 2 rings (SSSR count). The van der Waals surface area contributed by atoms with Gasteiger partial charge in [0.1, 0.15) is 5.75 Å². The topological polar surface area (TPSA) is 63.6 Å². The standard InChI is InChI=1S/C22H22O4/c1-4-8-16-9-5-6-11-18(16)19-12-7-10-17(13-14-20(23)24)21(19)26-22(25)15(2)3/h5-7,9-14H,2,4,8H2,1,3H3,(H,23,24)/b14-13+. The Kier molecular flexibility index (Phi) is 6.50. The fraction of sp³-hybridized carbons (Fsp3) is 0.182. The van der Waals surface area contributed by atoms with E-state index in [0.717, 1.165) is 35.6 Å². The first-order valence-electron chi connectivity index (χ1n) is 8.44. The number of esters is 1. The van der Waals surface area contributed by atoms with Crippen molar-refractivity contribution in [2.75, 3.05) is 0 Å². The van der Waals surface area contributed by atoms with E-state index in [1.54, 1.807) is 13.0 Å². The zero-order chi connectivity index (χ0) is 19.1. The van der Waals surface area contributed by atoms with E-state index in [0.29, 0.717) is 11.3 Å². The highest BCUT2D eigenvalue weighted by atomic mass is 16.5. The number of aliphatic carboxylic acids is 1. The normalized spacial score (nSPS) is 10.7. The predicted molar refractivity (Wildman–Crippen MR) is 103 cm³/mol. The van der Waals surface area contributed by atoms with Gasteiger partial charge in [0.15, 0.2) is 0 Å². The van der Waals surface area contributed by atoms with Gasteiger partial charge in [0, 0.05) is 22.8 Å². The summed E-state index contributed by atoms with van der Waals surface area (Å²) < 4.78 is 5.58. The fourth-order valence-electron chi connectivity index (χ4n) is 2.62. The zero-order valence-electron chi connectivity index (χ0n) is 15.0. The van der Waals surface area contributed by atoms with Crippen molar-refractivity contribution in [3.8, 4) is 16.9 Å². The number of hydrogen-bond donors (Lipinski definition) is 1. The molecular formula is C22H22O4. The van der Waals surface area contributed by atoms with Crippen LogP contribution < -0.4 is 4.74 Å². The molecule has 0 bridgehead atoms. The molecule has 0 unspecified atom stereocenters. The molecule has 0 saturated heterocycles. The van der Waals surface area contributed by atoms with E-state index in [1.165, 1.54) is 6.08 Å². The molecule has 0 amide bonds. The molecule has 0 aliphatic rings. The fourth-order valence-corrected chi connectivity index (χ4v) is 2.62. The Bertz CT molecular complexity index is 862. The lowest BCUT2D eigenvalue weighted by molar-refractivity contribution is -0.131. The van der Waals surface area contributed by atoms with Crippen molar-refractivity contribution in [2.24, 2.45) is 0 Å². The number of rotatable bonds is 7. The van der Waals surface area contributed by atoms with E-state index in [1.807, 2.05) is 36.4 Å². The second-order valence-corrected chi connectivity index (χ2v) is 5.97. The van der Waals surface area contributed by atoms with Crippen molar-refractivity contribution < 1.29 is 19.4 Å². The van der Waals surface area contributed by atoms with Crippen LogP contribution in [0.25, 0.3) is 17.2 Å². The van der Waals surface area contributed by atoms with Crippen LogP contribution in [-0.4, -0.2) is 17.0 Å². The number of carbonyl (C=O) groups is 2. The van der Waals surface area contributed by atoms with E-state index in [4.69, 9.17) is 9.84 Å². The Morgan fingerprint density at radius 3 is 2.46 bits per heavy atom. The second-order valence-electron chi connectivity index (χ2n) is 5.97. The SMILES string of the molecule is C=C(C)C(=O)Oc1c(/C=C/C(=O)O)cccc1-c1ccccc1CCC. The number of benzene rings is 2. The summed E-state index contributed by atoms with van der Waals surface area (Å²) in [5.41, 5.74) is 3.64. The van der Waals surface area contributed by atoms with Gasteiger partial charge in [0.05, 0.1) is 0 Å². The largest absolute Gasteiger partial charge is 0.478 e. The summed E-state index contributed by atoms with van der Waals surface area (Å²) >= 11 is 0. The first-order chi connectivity index (χ1) is 12.4. The lowest BCUT2D eigenvalue weighted by Gasteiger charge is -2.16. The highest BCUT2D eigenvalue weighted by Gasteiger charge is 2.16. The molecule has 2 aromatic rings. The van der Waals surface area contributed by atoms with Gasteiger partial charge in [-0.3, -0.25) is 0 Å². The molecule has 0 fully saturated rings. The summed E-state index contributed by atoms with van der Waals surface area (Å²) in [7, 11) is 0. The van der Waals surface area contributed by atoms with Crippen LogP contribution in [0.15, 0.2) is 60.7 Å². The smallest absolute Gasteiger partial charge is 0.338 e. The molecule has 0 saturated carbocycles. The Morgan fingerprint density at radius 1 is 1.12 bits per heavy atom. The third-order valence-electron chi connectivity index (χ3n) is 3.82. The first-order valence-corrected chi connectivity index (χ1v) is 8.44. The molecule has 0 aliphatic heterocycles. The monoisotopic (exact) mass is 350 g/mol. The summed E-state index contributed by atoms with van der Waals surface area (Å²) in [5, 5.41) is 8.93. The molecule has 0 atom stereocenters. The van der Waals surface area contributed by atoms with Crippen molar-refractivity contribution in [1.29, 1.82) is 0 Å². The number of aryl methyl sites for hydroxylation is 1. The summed E-state index contributed by atoms with van der Waals surface area (Å²) in [4.78, 5) is 23.0. The van der Waals surface area contributed by atoms with Gasteiger partial charge in [-0.05, 0) is 30.5 Å². The average molecular weight is 350 g/mol. The number of carbonyl (C=O) groups excluding carboxylic acids is 1. The summed E-state index contributed by atoms with van der Waals surface area (Å²) in [6.45, 7) is 7.29. The van der Waals surface area contributed by atoms with Gasteiger partial charge in [-0.25, -0.2) is 9.59 Å². The van der Waals surface area contributed by atoms with Crippen molar-refractivity contribution in [1.82, 2.24) is 0 Å². The molecule has 2 aromatic carbocycles. The van der Waals surface area contributed by atoms with Gasteiger partial charge in [-0.15, -0.1) is 0 Å². The zero-order valence-corrected chi connectivity index (χ0v) is 15.0. The van der Waals surface area contributed by atoms with Crippen LogP contribution in [0.4, 0.5) is 0 Å². The Morgan fingerprint density at radius 2 is 1.81 bits per heavy atom. The molecule has 4 nitrogen and oxygen atoms in total. The molecule has 0 spiro atoms. The highest BCUT2D eigenvalue weighted by molar-refractivity contribution is 5.93. The van der Waals surface area contributed by atoms with Crippen LogP contribution in [0.3, 0.4) is 0 Å². The van der Waals surface area contributed by atoms with Crippen LogP contribution in [0.1, 0.15) is 31.4 Å². The molecule has 0 aromatic heterocycles. The van der Waals surface area contributed by atoms with Gasteiger partial charge in [-0.1, -0.05) is 62.4 Å². The van der Waals surface area contributed by atoms with Gasteiger partial charge >= 0.3 is 11.9 Å². The van der Waals surface area contributed by atoms with Crippen molar-refractivity contribution in [3.05, 3.63) is 71.8 Å². The van der Waals surface area contributed by atoms with Crippen molar-refractivity contribution in [3.63, 3.8) is 0 Å². The summed E-state index contributed by atoms with van der Waals surface area (Å²) in [6.07, 6.45) is 4.32. The van der Waals surface area contributed by atoms with E-state index >= 15 is 0 Å². The lowest BCUT2D eigenvalue weighted by atomic mass is 9.94. The predicted octanol–water partition coefficient (Wildman–Crippen LogP) is 4.89. The van der Waals surface area contributed by atoms with E-state index in [2.05, 4.69) is 13.5 Å². The molecule has 26 heavy (non-hydrogen) atoms. The van der Waals surface area contributed by atoms with Gasteiger partial charge in [0.25, 0.3) is 0 Å². The highest BCUT2D eigenvalue weighted by Crippen LogP contribution is 2.36. The lowest BCUT2D eigenvalue weighted by Crippen LogP contribution is -2.10. The minimum absolute atomic E-state index is 0.273. The van der Waals surface area contributed by atoms with Gasteiger partial charge in [0.2, 0.25) is 0 Å². The number of carboxylic acids is 1. The molecule has 4 heteroatoms. The molecule has 0 aliphatic carbocycles. The number of hydrogen-bond acceptors (Lipinski definition) is 3. The third-order valence-corrected chi connectivity index (χ3v) is 3.82. The Balaban J connectivity index is 2.65. The second kappa shape index (κ2) is 8.81. The minimum Gasteiger partial charge on any atom is -0.478 e. The van der Waals surface area contributed by atoms with Crippen LogP contribution in [-0.2, 0) is 16.0 Å². The van der Waals surface area contributed by atoms with Crippen LogP contribution in [0.2, 0.25) is 0 Å². The van der Waals surface area contributed by atoms with Gasteiger partial charge in [-0.2, -0.15) is 0 Å². The van der Waals surface area contributed by atoms with E-state index in [9.17, 15) is 9.59 Å². The average Bonchev–Trinajstić information content (AvgIpc) is 2.61. The Hall–Kier alpha value is -3.14. The quantitative estimate of drug-likeness (QED) is 0.439. The van der Waals surface area contributed by atoms with Crippen molar-refractivity contribution >= 4 is 18.0 Å². The maximum absolute atomic E-state index is 12.1. The Labute approximate surface area is 153 Å². The maximum Gasteiger partial charge on any atom is 0.338 e. The van der Waals surface area contributed by atoms with Gasteiger partial charge < -0.3 is 9.84 Å². The van der Waals surface area contributed by atoms with Crippen LogP contribution in [0, 0.1) is 0 Å². The minimum atomic E-state index is -1.07. The number of ether oxygens (including phenoxy) is 1. The third kappa shape index (κ3) is 4.70. The first kappa shape index (κ1) is 19.2. The van der Waals surface area contributed by atoms with Crippen LogP contribution in [0.5, 0.6) is 5.75 Å². The number of para-hydroxylation sites is 1. The van der Waals surface area contributed by atoms with E-state index in [-0.39, 0.29) is 5.57 Å². The van der Waals surface area contributed by atoms with E-state index < -0.39 is 11.9 Å². The summed E-state index contributed by atoms with van der Waals surface area (Å²) in [6, 6.07) is 13.3. The molecule has 0 heterocycles. The van der Waals surface area contributed by atoms with Crippen molar-refractivity contribution in [2.45, 2.75) is 26.7 Å². The maximum atomic E-state index is 12.1. The van der Waals surface area contributed by atoms with Crippen LogP contribution >= 0.6 is 0 Å². The molecule has 0 radical (unpaired) electrons. The summed E-state index contributed by atoms with van der Waals surface area (Å²) in [5.74, 6) is -1.28. The molecular weight excluding hydrogens is 328 g/mol. The number of carboxylic acid groups (broad SMARTS) is 1. The molecule has 134 valence electrons.